The Bertz CT molecular complexity index is 430. The Morgan fingerprint density at radius 3 is 2.65 bits per heavy atom. The molecule has 5 heteroatoms. The van der Waals surface area contributed by atoms with Gasteiger partial charge in [0.2, 0.25) is 5.91 Å². The molecule has 0 saturated heterocycles. The first kappa shape index (κ1) is 16.2. The van der Waals surface area contributed by atoms with Gasteiger partial charge in [-0.25, -0.2) is 4.98 Å². The van der Waals surface area contributed by atoms with Crippen molar-refractivity contribution in [3.63, 3.8) is 0 Å². The van der Waals surface area contributed by atoms with E-state index in [2.05, 4.69) is 23.5 Å². The summed E-state index contributed by atoms with van der Waals surface area (Å²) < 4.78 is 1.87. The second kappa shape index (κ2) is 7.65. The molecule has 0 spiro atoms. The number of imidazole rings is 1. The molecule has 0 aliphatic heterocycles. The fourth-order valence-electron chi connectivity index (χ4n) is 2.00. The lowest BCUT2D eigenvalue weighted by Gasteiger charge is -2.26. The molecule has 2 N–H and O–H groups in total. The zero-order valence-electron chi connectivity index (χ0n) is 12.0. The third-order valence-corrected chi connectivity index (χ3v) is 3.18. The van der Waals surface area contributed by atoms with E-state index < -0.39 is 5.60 Å². The summed E-state index contributed by atoms with van der Waals surface area (Å²) in [6, 6.07) is 0.0319. The van der Waals surface area contributed by atoms with Crippen LogP contribution in [0.25, 0.3) is 0 Å². The topological polar surface area (TPSA) is 67.2 Å². The lowest BCUT2D eigenvalue weighted by Crippen LogP contribution is -2.42. The van der Waals surface area contributed by atoms with E-state index in [1.54, 1.807) is 24.7 Å². The van der Waals surface area contributed by atoms with Gasteiger partial charge in [0, 0.05) is 31.4 Å². The molecule has 0 saturated carbocycles. The molecule has 1 rings (SSSR count). The van der Waals surface area contributed by atoms with Gasteiger partial charge >= 0.3 is 0 Å². The number of hydrogen-bond acceptors (Lipinski definition) is 3. The summed E-state index contributed by atoms with van der Waals surface area (Å²) in [5.74, 6) is -0.0993. The van der Waals surface area contributed by atoms with Gasteiger partial charge in [0.15, 0.2) is 0 Å². The molecule has 0 aliphatic rings. The molecule has 5 nitrogen and oxygen atoms in total. The second-order valence-electron chi connectivity index (χ2n) is 5.05. The summed E-state index contributed by atoms with van der Waals surface area (Å²) in [6.45, 7) is 9.38. The molecule has 0 unspecified atom stereocenters. The van der Waals surface area contributed by atoms with Gasteiger partial charge < -0.3 is 15.0 Å². The lowest BCUT2D eigenvalue weighted by molar-refractivity contribution is -0.123. The molecule has 0 radical (unpaired) electrons. The maximum atomic E-state index is 11.9. The Hall–Kier alpha value is -1.88. The normalized spacial score (nSPS) is 12.7. The van der Waals surface area contributed by atoms with E-state index in [1.165, 1.54) is 0 Å². The Morgan fingerprint density at radius 1 is 1.50 bits per heavy atom. The number of nitrogens with one attached hydrogen (secondary N) is 1. The van der Waals surface area contributed by atoms with Crippen LogP contribution in [0, 0.1) is 0 Å². The Morgan fingerprint density at radius 2 is 2.15 bits per heavy atom. The molecule has 110 valence electrons. The third-order valence-electron chi connectivity index (χ3n) is 3.18. The Balaban J connectivity index is 2.45. The van der Waals surface area contributed by atoms with Gasteiger partial charge in [-0.15, -0.1) is 13.2 Å². The zero-order valence-corrected chi connectivity index (χ0v) is 12.0. The summed E-state index contributed by atoms with van der Waals surface area (Å²) in [7, 11) is 0. The Labute approximate surface area is 120 Å². The van der Waals surface area contributed by atoms with E-state index in [0.717, 1.165) is 0 Å². The van der Waals surface area contributed by atoms with E-state index in [4.69, 9.17) is 0 Å². The molecular formula is C15H23N3O2. The third kappa shape index (κ3) is 5.01. The largest absolute Gasteiger partial charge is 0.387 e. The van der Waals surface area contributed by atoms with Crippen LogP contribution in [0.4, 0.5) is 0 Å². The number of aliphatic hydroxyl groups is 1. The summed E-state index contributed by atoms with van der Waals surface area (Å²) in [4.78, 5) is 15.8. The van der Waals surface area contributed by atoms with Crippen molar-refractivity contribution in [1.29, 1.82) is 0 Å². The highest BCUT2D eigenvalue weighted by atomic mass is 16.3. The zero-order chi connectivity index (χ0) is 15.0. The molecule has 1 amide bonds. The van der Waals surface area contributed by atoms with Crippen LogP contribution in [0.2, 0.25) is 0 Å². The fourth-order valence-corrected chi connectivity index (χ4v) is 2.00. The quantitative estimate of drug-likeness (QED) is 0.677. The summed E-state index contributed by atoms with van der Waals surface area (Å²) >= 11 is 0. The van der Waals surface area contributed by atoms with Crippen LogP contribution in [-0.2, 0) is 4.79 Å². The van der Waals surface area contributed by atoms with Crippen molar-refractivity contribution in [3.8, 4) is 0 Å². The highest BCUT2D eigenvalue weighted by molar-refractivity contribution is 5.76. The van der Waals surface area contributed by atoms with Crippen LogP contribution in [-0.4, -0.2) is 32.7 Å². The molecule has 1 aromatic rings. The minimum atomic E-state index is -1.00. The van der Waals surface area contributed by atoms with Gasteiger partial charge in [-0.05, 0) is 19.8 Å². The van der Waals surface area contributed by atoms with E-state index in [0.29, 0.717) is 19.3 Å². The Kier molecular flexibility index (Phi) is 6.18. The van der Waals surface area contributed by atoms with Crippen LogP contribution < -0.4 is 5.32 Å². The number of hydrogen-bond donors (Lipinski definition) is 2. The van der Waals surface area contributed by atoms with E-state index in [-0.39, 0.29) is 18.5 Å². The highest BCUT2D eigenvalue weighted by Gasteiger charge is 2.24. The number of carbonyl (C=O) groups is 1. The predicted molar refractivity (Wildman–Crippen MR) is 79.1 cm³/mol. The van der Waals surface area contributed by atoms with Crippen LogP contribution in [0.3, 0.4) is 0 Å². The minimum absolute atomic E-state index is 0.0319. The lowest BCUT2D eigenvalue weighted by atomic mass is 9.95. The smallest absolute Gasteiger partial charge is 0.222 e. The molecule has 0 aliphatic carbocycles. The number of aromatic nitrogens is 2. The molecule has 20 heavy (non-hydrogen) atoms. The van der Waals surface area contributed by atoms with E-state index in [1.807, 2.05) is 17.7 Å². The van der Waals surface area contributed by atoms with Crippen molar-refractivity contribution in [3.05, 3.63) is 44.0 Å². The SMILES string of the molecule is C=CCC(O)(CC=C)CNC(=O)C[C@H](C)n1ccnc1. The summed E-state index contributed by atoms with van der Waals surface area (Å²) in [6.07, 6.45) is 9.64. The molecule has 0 aromatic carbocycles. The van der Waals surface area contributed by atoms with Crippen molar-refractivity contribution in [2.24, 2.45) is 0 Å². The molecule has 1 atom stereocenters. The van der Waals surface area contributed by atoms with Crippen molar-refractivity contribution in [2.45, 2.75) is 37.8 Å². The molecule has 0 fully saturated rings. The van der Waals surface area contributed by atoms with Gasteiger partial charge in [-0.3, -0.25) is 4.79 Å². The van der Waals surface area contributed by atoms with E-state index >= 15 is 0 Å². The fraction of sp³-hybridized carbons (Fsp3) is 0.467. The first-order valence-corrected chi connectivity index (χ1v) is 6.69. The van der Waals surface area contributed by atoms with Gasteiger partial charge in [-0.1, -0.05) is 12.2 Å². The maximum absolute atomic E-state index is 11.9. The highest BCUT2D eigenvalue weighted by Crippen LogP contribution is 2.16. The van der Waals surface area contributed by atoms with Crippen molar-refractivity contribution in [1.82, 2.24) is 14.9 Å². The van der Waals surface area contributed by atoms with Crippen molar-refractivity contribution < 1.29 is 9.90 Å². The summed E-state index contributed by atoms with van der Waals surface area (Å²) in [5, 5.41) is 13.1. The minimum Gasteiger partial charge on any atom is -0.387 e. The standard InChI is InChI=1S/C15H23N3O2/c1-4-6-15(20,7-5-2)11-17-14(19)10-13(3)18-9-8-16-12-18/h4-5,8-9,12-13,20H,1-2,6-7,10-11H2,3H3,(H,17,19)/t13-/m0/s1. The van der Waals surface area contributed by atoms with Crippen LogP contribution in [0.15, 0.2) is 44.0 Å². The number of amides is 1. The second-order valence-corrected chi connectivity index (χ2v) is 5.05. The average molecular weight is 277 g/mol. The van der Waals surface area contributed by atoms with Gasteiger partial charge in [0.05, 0.1) is 11.9 Å². The maximum Gasteiger partial charge on any atom is 0.222 e. The van der Waals surface area contributed by atoms with Gasteiger partial charge in [0.1, 0.15) is 0 Å². The first-order valence-electron chi connectivity index (χ1n) is 6.69. The van der Waals surface area contributed by atoms with Crippen LogP contribution in [0.5, 0.6) is 0 Å². The van der Waals surface area contributed by atoms with Crippen molar-refractivity contribution >= 4 is 5.91 Å². The first-order chi connectivity index (χ1) is 9.50. The number of rotatable bonds is 9. The average Bonchev–Trinajstić information content (AvgIpc) is 2.91. The van der Waals surface area contributed by atoms with E-state index in [9.17, 15) is 9.90 Å². The predicted octanol–water partition coefficient (Wildman–Crippen LogP) is 1.83. The van der Waals surface area contributed by atoms with Gasteiger partial charge in [0.25, 0.3) is 0 Å². The van der Waals surface area contributed by atoms with Crippen LogP contribution in [0.1, 0.15) is 32.2 Å². The molecule has 1 aromatic heterocycles. The van der Waals surface area contributed by atoms with Crippen molar-refractivity contribution in [2.75, 3.05) is 6.54 Å². The number of carbonyl (C=O) groups excluding carboxylic acids is 1. The monoisotopic (exact) mass is 277 g/mol. The van der Waals surface area contributed by atoms with Gasteiger partial charge in [-0.2, -0.15) is 0 Å². The molecule has 1 heterocycles. The summed E-state index contributed by atoms with van der Waals surface area (Å²) in [5.41, 5.74) is -1.00. The van der Waals surface area contributed by atoms with Crippen LogP contribution >= 0.6 is 0 Å². The molecule has 0 bridgehead atoms. The molecular weight excluding hydrogens is 254 g/mol. The number of nitrogens with zero attached hydrogens (tertiary/aromatic N) is 2.